The molecule has 0 atom stereocenters. The predicted molar refractivity (Wildman–Crippen MR) is 80.3 cm³/mol. The molecule has 0 spiro atoms. The number of nitrogens with zero attached hydrogens (tertiary/aromatic N) is 2. The summed E-state index contributed by atoms with van der Waals surface area (Å²) in [6.07, 6.45) is 3.40. The van der Waals surface area contributed by atoms with Gasteiger partial charge in [-0.05, 0) is 28.8 Å². The van der Waals surface area contributed by atoms with Gasteiger partial charge in [-0.1, -0.05) is 13.8 Å². The summed E-state index contributed by atoms with van der Waals surface area (Å²) in [5.74, 6) is 1.30. The number of aromatic nitrogens is 2. The van der Waals surface area contributed by atoms with Crippen LogP contribution >= 0.6 is 15.9 Å². The number of nitrogens with one attached hydrogen (secondary N) is 3. The molecule has 1 aromatic heterocycles. The first-order chi connectivity index (χ1) is 9.19. The van der Waals surface area contributed by atoms with Gasteiger partial charge in [0, 0.05) is 13.1 Å². The monoisotopic (exact) mass is 329 g/mol. The molecule has 1 rings (SSSR count). The number of hydrogen-bond donors (Lipinski definition) is 3. The fourth-order valence-corrected chi connectivity index (χ4v) is 1.84. The van der Waals surface area contributed by atoms with Crippen LogP contribution in [0.15, 0.2) is 10.8 Å². The Morgan fingerprint density at radius 2 is 1.79 bits per heavy atom. The molecule has 0 aliphatic carbocycles. The topological polar surface area (TPSA) is 78.9 Å². The van der Waals surface area contributed by atoms with Crippen molar-refractivity contribution in [1.29, 1.82) is 0 Å². The number of carbonyl (C=O) groups is 1. The van der Waals surface area contributed by atoms with Crippen molar-refractivity contribution in [1.82, 2.24) is 15.3 Å². The molecule has 1 amide bonds. The summed E-state index contributed by atoms with van der Waals surface area (Å²) in [5, 5.41) is 8.97. The Morgan fingerprint density at radius 3 is 2.42 bits per heavy atom. The number of hydrogen-bond acceptors (Lipinski definition) is 5. The van der Waals surface area contributed by atoms with E-state index in [1.807, 2.05) is 6.92 Å². The summed E-state index contributed by atoms with van der Waals surface area (Å²) in [6.45, 7) is 5.82. The van der Waals surface area contributed by atoms with Crippen molar-refractivity contribution in [2.24, 2.45) is 0 Å². The van der Waals surface area contributed by atoms with Crippen LogP contribution in [0.1, 0.15) is 26.7 Å². The maximum absolute atomic E-state index is 11.5. The van der Waals surface area contributed by atoms with Crippen LogP contribution in [-0.4, -0.2) is 35.5 Å². The number of anilines is 2. The SMILES string of the molecule is CCCNC(=O)CNc1ncnc(NCCC)c1Br. The van der Waals surface area contributed by atoms with Crippen LogP contribution in [0.25, 0.3) is 0 Å². The van der Waals surface area contributed by atoms with E-state index in [1.165, 1.54) is 6.33 Å². The number of carbonyl (C=O) groups excluding carboxylic acids is 1. The van der Waals surface area contributed by atoms with Crippen LogP contribution in [0.5, 0.6) is 0 Å². The van der Waals surface area contributed by atoms with E-state index in [1.54, 1.807) is 0 Å². The average Bonchev–Trinajstić information content (AvgIpc) is 2.42. The van der Waals surface area contributed by atoms with E-state index >= 15 is 0 Å². The molecule has 0 aliphatic rings. The highest BCUT2D eigenvalue weighted by atomic mass is 79.9. The van der Waals surface area contributed by atoms with Gasteiger partial charge in [0.1, 0.15) is 22.4 Å². The van der Waals surface area contributed by atoms with E-state index in [4.69, 9.17) is 0 Å². The Bertz CT molecular complexity index is 413. The van der Waals surface area contributed by atoms with Gasteiger partial charge in [-0.15, -0.1) is 0 Å². The largest absolute Gasteiger partial charge is 0.369 e. The molecular formula is C12H20BrN5O. The summed E-state index contributed by atoms with van der Waals surface area (Å²) in [5.41, 5.74) is 0. The van der Waals surface area contributed by atoms with E-state index in [2.05, 4.69) is 48.8 Å². The summed E-state index contributed by atoms with van der Waals surface area (Å²) in [7, 11) is 0. The maximum atomic E-state index is 11.5. The van der Waals surface area contributed by atoms with Gasteiger partial charge in [0.15, 0.2) is 0 Å². The molecule has 1 heterocycles. The molecule has 7 heteroatoms. The zero-order valence-corrected chi connectivity index (χ0v) is 12.9. The quantitative estimate of drug-likeness (QED) is 0.679. The highest BCUT2D eigenvalue weighted by Crippen LogP contribution is 2.26. The third-order valence-corrected chi connectivity index (χ3v) is 3.07. The Hall–Kier alpha value is -1.37. The van der Waals surface area contributed by atoms with Crippen molar-refractivity contribution in [3.63, 3.8) is 0 Å². The molecule has 0 unspecified atom stereocenters. The number of rotatable bonds is 8. The average molecular weight is 330 g/mol. The smallest absolute Gasteiger partial charge is 0.239 e. The van der Waals surface area contributed by atoms with Crippen molar-refractivity contribution in [2.75, 3.05) is 30.3 Å². The summed E-state index contributed by atoms with van der Waals surface area (Å²) in [6, 6.07) is 0. The molecule has 0 aliphatic heterocycles. The van der Waals surface area contributed by atoms with Gasteiger partial charge in [0.2, 0.25) is 5.91 Å². The maximum Gasteiger partial charge on any atom is 0.239 e. The van der Waals surface area contributed by atoms with Crippen molar-refractivity contribution in [3.8, 4) is 0 Å². The van der Waals surface area contributed by atoms with Gasteiger partial charge in [-0.2, -0.15) is 0 Å². The van der Waals surface area contributed by atoms with Crippen molar-refractivity contribution >= 4 is 33.5 Å². The van der Waals surface area contributed by atoms with Crippen molar-refractivity contribution in [3.05, 3.63) is 10.8 Å². The molecule has 1 aromatic rings. The first-order valence-electron chi connectivity index (χ1n) is 6.44. The second-order valence-corrected chi connectivity index (χ2v) is 4.81. The normalized spacial score (nSPS) is 10.1. The lowest BCUT2D eigenvalue weighted by Gasteiger charge is -2.11. The number of halogens is 1. The minimum atomic E-state index is -0.0459. The third-order valence-electron chi connectivity index (χ3n) is 2.32. The Morgan fingerprint density at radius 1 is 1.16 bits per heavy atom. The van der Waals surface area contributed by atoms with Crippen LogP contribution in [-0.2, 0) is 4.79 Å². The van der Waals surface area contributed by atoms with E-state index < -0.39 is 0 Å². The summed E-state index contributed by atoms with van der Waals surface area (Å²) < 4.78 is 0.742. The molecule has 0 saturated heterocycles. The summed E-state index contributed by atoms with van der Waals surface area (Å²) >= 11 is 3.43. The number of amides is 1. The molecule has 0 fully saturated rings. The van der Waals surface area contributed by atoms with Crippen molar-refractivity contribution in [2.45, 2.75) is 26.7 Å². The lowest BCUT2D eigenvalue weighted by Crippen LogP contribution is -2.30. The predicted octanol–water partition coefficient (Wildman–Crippen LogP) is 2.00. The second kappa shape index (κ2) is 8.68. The molecule has 19 heavy (non-hydrogen) atoms. The van der Waals surface area contributed by atoms with Gasteiger partial charge < -0.3 is 16.0 Å². The first-order valence-corrected chi connectivity index (χ1v) is 7.23. The molecule has 0 radical (unpaired) electrons. The van der Waals surface area contributed by atoms with Gasteiger partial charge in [0.05, 0.1) is 6.54 Å². The lowest BCUT2D eigenvalue weighted by atomic mass is 10.4. The van der Waals surface area contributed by atoms with E-state index in [0.717, 1.165) is 29.7 Å². The molecular weight excluding hydrogens is 310 g/mol. The van der Waals surface area contributed by atoms with Crippen LogP contribution in [0.2, 0.25) is 0 Å². The molecule has 0 bridgehead atoms. The van der Waals surface area contributed by atoms with Gasteiger partial charge in [-0.25, -0.2) is 9.97 Å². The fraction of sp³-hybridized carbons (Fsp3) is 0.583. The zero-order chi connectivity index (χ0) is 14.1. The van der Waals surface area contributed by atoms with Crippen molar-refractivity contribution < 1.29 is 4.79 Å². The van der Waals surface area contributed by atoms with Gasteiger partial charge in [-0.3, -0.25) is 4.79 Å². The zero-order valence-electron chi connectivity index (χ0n) is 11.3. The van der Waals surface area contributed by atoms with E-state index in [-0.39, 0.29) is 12.5 Å². The standard InChI is InChI=1S/C12H20BrN5O/c1-3-5-14-9(19)7-16-12-10(13)11(15-6-4-2)17-8-18-12/h8H,3-7H2,1-2H3,(H,14,19)(H2,15,16,17,18). The van der Waals surface area contributed by atoms with E-state index in [0.29, 0.717) is 12.4 Å². The van der Waals surface area contributed by atoms with Crippen LogP contribution < -0.4 is 16.0 Å². The Kier molecular flexibility index (Phi) is 7.17. The molecule has 3 N–H and O–H groups in total. The highest BCUT2D eigenvalue weighted by Gasteiger charge is 2.09. The Labute approximate surface area is 121 Å². The van der Waals surface area contributed by atoms with Gasteiger partial charge in [0.25, 0.3) is 0 Å². The van der Waals surface area contributed by atoms with E-state index in [9.17, 15) is 4.79 Å². The van der Waals surface area contributed by atoms with Gasteiger partial charge >= 0.3 is 0 Å². The molecule has 106 valence electrons. The fourth-order valence-electron chi connectivity index (χ4n) is 1.35. The lowest BCUT2D eigenvalue weighted by molar-refractivity contribution is -0.119. The minimum absolute atomic E-state index is 0.0459. The molecule has 0 saturated carbocycles. The Balaban J connectivity index is 2.56. The molecule has 0 aromatic carbocycles. The minimum Gasteiger partial charge on any atom is -0.369 e. The third kappa shape index (κ3) is 5.42. The molecule has 6 nitrogen and oxygen atoms in total. The van der Waals surface area contributed by atoms with Crippen LogP contribution in [0, 0.1) is 0 Å². The highest BCUT2D eigenvalue weighted by molar-refractivity contribution is 9.10. The first kappa shape index (κ1) is 15.7. The van der Waals surface area contributed by atoms with Crippen LogP contribution in [0.4, 0.5) is 11.6 Å². The summed E-state index contributed by atoms with van der Waals surface area (Å²) in [4.78, 5) is 19.7. The second-order valence-electron chi connectivity index (χ2n) is 4.02. The van der Waals surface area contributed by atoms with Crippen LogP contribution in [0.3, 0.4) is 0 Å².